The lowest BCUT2D eigenvalue weighted by Gasteiger charge is -2.39. The Morgan fingerprint density at radius 2 is 2.00 bits per heavy atom. The Bertz CT molecular complexity index is 220. The van der Waals surface area contributed by atoms with Crippen molar-refractivity contribution >= 4 is 0 Å². The zero-order chi connectivity index (χ0) is 9.05. The van der Waals surface area contributed by atoms with Gasteiger partial charge in [0.1, 0.15) is 0 Å². The molecule has 2 nitrogen and oxygen atoms in total. The van der Waals surface area contributed by atoms with Crippen molar-refractivity contribution in [3.8, 4) is 0 Å². The molecule has 13 heavy (non-hydrogen) atoms. The predicted molar refractivity (Wildman–Crippen MR) is 51.6 cm³/mol. The van der Waals surface area contributed by atoms with Crippen molar-refractivity contribution in [1.29, 1.82) is 0 Å². The minimum atomic E-state index is 0.316. The summed E-state index contributed by atoms with van der Waals surface area (Å²) < 4.78 is 6.17. The molecule has 1 aliphatic carbocycles. The molecule has 0 amide bonds. The lowest BCUT2D eigenvalue weighted by Crippen LogP contribution is -2.45. The third kappa shape index (κ3) is 1.08. The number of hydrogen-bond acceptors (Lipinski definition) is 2. The third-order valence-corrected chi connectivity index (χ3v) is 4.37. The van der Waals surface area contributed by atoms with Gasteiger partial charge in [0.25, 0.3) is 0 Å². The number of fused-ring (bicyclic) bond motifs is 2. The van der Waals surface area contributed by atoms with E-state index in [0.29, 0.717) is 11.7 Å². The second kappa shape index (κ2) is 2.48. The van der Waals surface area contributed by atoms with Gasteiger partial charge in [0, 0.05) is 13.1 Å². The summed E-state index contributed by atoms with van der Waals surface area (Å²) in [6, 6.07) is 0. The van der Waals surface area contributed by atoms with Gasteiger partial charge in [-0.1, -0.05) is 0 Å². The molecule has 2 aliphatic heterocycles. The van der Waals surface area contributed by atoms with Gasteiger partial charge in [-0.05, 0) is 45.1 Å². The first kappa shape index (κ1) is 8.25. The SMILES string of the molecule is CC1OC2(CCN(C)CC2)C2CC12. The quantitative estimate of drug-likeness (QED) is 0.561. The van der Waals surface area contributed by atoms with Gasteiger partial charge in [0.05, 0.1) is 11.7 Å². The second-order valence-corrected chi connectivity index (χ2v) is 5.20. The van der Waals surface area contributed by atoms with Gasteiger partial charge < -0.3 is 9.64 Å². The van der Waals surface area contributed by atoms with Crippen LogP contribution in [0.1, 0.15) is 26.2 Å². The molecule has 1 saturated carbocycles. The van der Waals surface area contributed by atoms with Crippen LogP contribution in [0.15, 0.2) is 0 Å². The van der Waals surface area contributed by atoms with Crippen LogP contribution >= 0.6 is 0 Å². The molecule has 0 N–H and O–H groups in total. The van der Waals surface area contributed by atoms with Crippen LogP contribution in [0.4, 0.5) is 0 Å². The van der Waals surface area contributed by atoms with Crippen LogP contribution in [0, 0.1) is 11.8 Å². The number of ether oxygens (including phenoxy) is 1. The largest absolute Gasteiger partial charge is 0.371 e. The van der Waals surface area contributed by atoms with E-state index < -0.39 is 0 Å². The molecule has 2 heterocycles. The van der Waals surface area contributed by atoms with Crippen molar-refractivity contribution in [2.45, 2.75) is 37.9 Å². The molecule has 3 fully saturated rings. The van der Waals surface area contributed by atoms with Crippen LogP contribution in [0.5, 0.6) is 0 Å². The highest BCUT2D eigenvalue weighted by atomic mass is 16.5. The normalized spacial score (nSPS) is 48.0. The summed E-state index contributed by atoms with van der Waals surface area (Å²) in [5.41, 5.74) is 0.316. The van der Waals surface area contributed by atoms with E-state index in [9.17, 15) is 0 Å². The maximum absolute atomic E-state index is 6.17. The fourth-order valence-corrected chi connectivity index (χ4v) is 3.37. The van der Waals surface area contributed by atoms with E-state index in [2.05, 4.69) is 18.9 Å². The molecule has 3 atom stereocenters. The van der Waals surface area contributed by atoms with E-state index in [1.807, 2.05) is 0 Å². The summed E-state index contributed by atoms with van der Waals surface area (Å²) in [6.45, 7) is 4.73. The number of likely N-dealkylation sites (tertiary alicyclic amines) is 1. The number of nitrogens with zero attached hydrogens (tertiary/aromatic N) is 1. The summed E-state index contributed by atoms with van der Waals surface area (Å²) >= 11 is 0. The standard InChI is InChI=1S/C11H19NO/c1-8-9-7-10(9)11(13-8)3-5-12(2)6-4-11/h8-10H,3-7H2,1-2H3. The van der Waals surface area contributed by atoms with E-state index in [-0.39, 0.29) is 0 Å². The highest BCUT2D eigenvalue weighted by molar-refractivity contribution is 5.11. The maximum atomic E-state index is 6.17. The minimum absolute atomic E-state index is 0.316. The van der Waals surface area contributed by atoms with E-state index in [1.165, 1.54) is 32.4 Å². The predicted octanol–water partition coefficient (Wildman–Crippen LogP) is 1.51. The van der Waals surface area contributed by atoms with Gasteiger partial charge in [-0.2, -0.15) is 0 Å². The molecule has 2 heteroatoms. The van der Waals surface area contributed by atoms with Gasteiger partial charge in [-0.15, -0.1) is 0 Å². The second-order valence-electron chi connectivity index (χ2n) is 5.20. The van der Waals surface area contributed by atoms with Gasteiger partial charge in [0.15, 0.2) is 0 Å². The summed E-state index contributed by atoms with van der Waals surface area (Å²) in [6.07, 6.45) is 4.54. The molecular weight excluding hydrogens is 162 g/mol. The molecule has 3 rings (SSSR count). The fraction of sp³-hybridized carbons (Fsp3) is 1.00. The molecule has 0 radical (unpaired) electrons. The Morgan fingerprint density at radius 1 is 1.31 bits per heavy atom. The van der Waals surface area contributed by atoms with Gasteiger partial charge >= 0.3 is 0 Å². The van der Waals surface area contributed by atoms with Crippen LogP contribution in [0.3, 0.4) is 0 Å². The van der Waals surface area contributed by atoms with Gasteiger partial charge in [-0.25, -0.2) is 0 Å². The Hall–Kier alpha value is -0.0800. The van der Waals surface area contributed by atoms with Crippen molar-refractivity contribution < 1.29 is 4.74 Å². The third-order valence-electron chi connectivity index (χ3n) is 4.37. The van der Waals surface area contributed by atoms with E-state index in [1.54, 1.807) is 0 Å². The average molecular weight is 181 g/mol. The van der Waals surface area contributed by atoms with Crippen LogP contribution in [0.2, 0.25) is 0 Å². The lowest BCUT2D eigenvalue weighted by molar-refractivity contribution is -0.0938. The molecule has 1 spiro atoms. The van der Waals surface area contributed by atoms with Crippen LogP contribution in [0.25, 0.3) is 0 Å². The molecule has 0 aromatic heterocycles. The lowest BCUT2D eigenvalue weighted by atomic mass is 9.87. The number of piperidine rings is 1. The van der Waals surface area contributed by atoms with E-state index in [0.717, 1.165) is 11.8 Å². The average Bonchev–Trinajstić information content (AvgIpc) is 2.85. The Balaban J connectivity index is 1.76. The topological polar surface area (TPSA) is 12.5 Å². The maximum Gasteiger partial charge on any atom is 0.0742 e. The minimum Gasteiger partial charge on any atom is -0.371 e. The van der Waals surface area contributed by atoms with E-state index in [4.69, 9.17) is 4.74 Å². The van der Waals surface area contributed by atoms with Crippen molar-refractivity contribution in [2.24, 2.45) is 11.8 Å². The van der Waals surface area contributed by atoms with Crippen molar-refractivity contribution in [2.75, 3.05) is 20.1 Å². The molecular formula is C11H19NO. The van der Waals surface area contributed by atoms with Crippen molar-refractivity contribution in [1.82, 2.24) is 4.90 Å². The van der Waals surface area contributed by atoms with Gasteiger partial charge in [0.2, 0.25) is 0 Å². The van der Waals surface area contributed by atoms with Crippen LogP contribution < -0.4 is 0 Å². The summed E-state index contributed by atoms with van der Waals surface area (Å²) in [4.78, 5) is 2.43. The van der Waals surface area contributed by atoms with E-state index >= 15 is 0 Å². The van der Waals surface area contributed by atoms with Crippen molar-refractivity contribution in [3.05, 3.63) is 0 Å². The van der Waals surface area contributed by atoms with Crippen LogP contribution in [-0.2, 0) is 4.74 Å². The first-order valence-corrected chi connectivity index (χ1v) is 5.58. The monoisotopic (exact) mass is 181 g/mol. The first-order valence-electron chi connectivity index (χ1n) is 5.58. The number of rotatable bonds is 0. The number of hydrogen-bond donors (Lipinski definition) is 0. The Morgan fingerprint density at radius 3 is 2.46 bits per heavy atom. The smallest absolute Gasteiger partial charge is 0.0742 e. The molecule has 0 bridgehead atoms. The summed E-state index contributed by atoms with van der Waals surface area (Å²) in [5, 5.41) is 0. The molecule has 3 unspecified atom stereocenters. The fourth-order valence-electron chi connectivity index (χ4n) is 3.37. The molecule has 2 saturated heterocycles. The highest BCUT2D eigenvalue weighted by Gasteiger charge is 2.62. The van der Waals surface area contributed by atoms with Crippen LogP contribution in [-0.4, -0.2) is 36.7 Å². The van der Waals surface area contributed by atoms with Crippen molar-refractivity contribution in [3.63, 3.8) is 0 Å². The zero-order valence-corrected chi connectivity index (χ0v) is 8.62. The highest BCUT2D eigenvalue weighted by Crippen LogP contribution is 2.60. The first-order chi connectivity index (χ1) is 6.21. The Labute approximate surface area is 80.2 Å². The summed E-state index contributed by atoms with van der Waals surface area (Å²) in [5.74, 6) is 1.85. The molecule has 0 aromatic carbocycles. The zero-order valence-electron chi connectivity index (χ0n) is 8.62. The molecule has 0 aromatic rings. The summed E-state index contributed by atoms with van der Waals surface area (Å²) in [7, 11) is 2.22. The van der Waals surface area contributed by atoms with Gasteiger partial charge in [-0.3, -0.25) is 0 Å². The molecule has 3 aliphatic rings. The molecule has 74 valence electrons. The Kier molecular flexibility index (Phi) is 1.58.